The van der Waals surface area contributed by atoms with E-state index < -0.39 is 24.7 Å². The molecule has 0 bridgehead atoms. The minimum absolute atomic E-state index is 0.160. The van der Waals surface area contributed by atoms with E-state index in [1.165, 1.54) is 6.07 Å². The molecule has 110 valence electrons. The molecule has 3 nitrogen and oxygen atoms in total. The van der Waals surface area contributed by atoms with Crippen molar-refractivity contribution < 1.29 is 18.1 Å². The van der Waals surface area contributed by atoms with Crippen LogP contribution < -0.4 is 5.59 Å². The Morgan fingerprint density at radius 3 is 2.25 bits per heavy atom. The molecule has 1 aliphatic heterocycles. The average molecular weight is 304 g/mol. The predicted molar refractivity (Wildman–Crippen MR) is 74.7 cm³/mol. The molecule has 20 heavy (non-hydrogen) atoms. The first kappa shape index (κ1) is 15.7. The molecule has 2 rings (SSSR count). The highest BCUT2D eigenvalue weighted by Crippen LogP contribution is 2.36. The molecule has 1 aromatic rings. The largest absolute Gasteiger partial charge is 0.514 e. The molecule has 1 aliphatic rings. The molecule has 1 fully saturated rings. The second-order valence-electron chi connectivity index (χ2n) is 5.91. The molecular weight excluding hydrogens is 286 g/mol. The Kier molecular flexibility index (Phi) is 4.11. The van der Waals surface area contributed by atoms with Gasteiger partial charge in [0.25, 0.3) is 0 Å². The van der Waals surface area contributed by atoms with Crippen LogP contribution in [0.5, 0.6) is 0 Å². The van der Waals surface area contributed by atoms with Gasteiger partial charge in [-0.15, -0.1) is 0 Å². The van der Waals surface area contributed by atoms with Crippen molar-refractivity contribution in [1.82, 2.24) is 4.98 Å². The number of nitrogens with zero attached hydrogens (tertiary/aromatic N) is 1. The molecule has 0 radical (unpaired) electrons. The van der Waals surface area contributed by atoms with Crippen LogP contribution in [0.2, 0.25) is 5.15 Å². The number of alkyl halides is 2. The van der Waals surface area contributed by atoms with E-state index in [9.17, 15) is 8.78 Å². The molecule has 0 unspecified atom stereocenters. The zero-order chi connectivity index (χ0) is 15.1. The summed E-state index contributed by atoms with van der Waals surface area (Å²) >= 11 is 5.89. The van der Waals surface area contributed by atoms with Gasteiger partial charge in [0.05, 0.1) is 16.8 Å². The lowest BCUT2D eigenvalue weighted by atomic mass is 9.83. The molecule has 0 aromatic carbocycles. The Morgan fingerprint density at radius 1 is 1.20 bits per heavy atom. The highest BCUT2D eigenvalue weighted by atomic mass is 35.5. The molecule has 0 N–H and O–H groups in total. The number of hydrogen-bond acceptors (Lipinski definition) is 3. The van der Waals surface area contributed by atoms with E-state index in [1.807, 2.05) is 27.7 Å². The van der Waals surface area contributed by atoms with Crippen LogP contribution in [-0.4, -0.2) is 29.7 Å². The maximum absolute atomic E-state index is 12.5. The second-order valence-corrected chi connectivity index (χ2v) is 6.29. The van der Waals surface area contributed by atoms with Crippen LogP contribution in [0, 0.1) is 0 Å². The van der Waals surface area contributed by atoms with Crippen molar-refractivity contribution in [2.24, 2.45) is 0 Å². The van der Waals surface area contributed by atoms with Gasteiger partial charge in [0.1, 0.15) is 5.15 Å². The zero-order valence-corrected chi connectivity index (χ0v) is 12.7. The Balaban J connectivity index is 2.28. The smallest absolute Gasteiger partial charge is 0.398 e. The molecule has 7 heteroatoms. The van der Waals surface area contributed by atoms with Gasteiger partial charge in [0.2, 0.25) is 6.43 Å². The van der Waals surface area contributed by atoms with Crippen molar-refractivity contribution in [3.8, 4) is 0 Å². The Bertz CT molecular complexity index is 495. The lowest BCUT2D eigenvalue weighted by molar-refractivity contribution is 0.00578. The summed E-state index contributed by atoms with van der Waals surface area (Å²) < 4.78 is 36.6. The summed E-state index contributed by atoms with van der Waals surface area (Å²) in [5.74, 6) is 0. The van der Waals surface area contributed by atoms with Crippen molar-refractivity contribution >= 4 is 24.3 Å². The molecule has 0 amide bonds. The minimum Gasteiger partial charge on any atom is -0.398 e. The summed E-state index contributed by atoms with van der Waals surface area (Å²) in [5, 5.41) is 0.160. The SMILES string of the molecule is CC1(C)OB(c2cc(CC(F)F)cc(Cl)n2)OC1(C)C. The van der Waals surface area contributed by atoms with Crippen LogP contribution in [0.4, 0.5) is 8.78 Å². The minimum atomic E-state index is -2.43. The number of aromatic nitrogens is 1. The third-order valence-corrected chi connectivity index (χ3v) is 3.95. The van der Waals surface area contributed by atoms with E-state index in [4.69, 9.17) is 20.9 Å². The first-order valence-electron chi connectivity index (χ1n) is 6.41. The van der Waals surface area contributed by atoms with Gasteiger partial charge in [0.15, 0.2) is 0 Å². The van der Waals surface area contributed by atoms with E-state index >= 15 is 0 Å². The first-order valence-corrected chi connectivity index (χ1v) is 6.79. The van der Waals surface area contributed by atoms with Crippen molar-refractivity contribution in [3.05, 3.63) is 22.8 Å². The summed E-state index contributed by atoms with van der Waals surface area (Å²) in [5.41, 5.74) is -0.175. The Morgan fingerprint density at radius 2 is 1.75 bits per heavy atom. The van der Waals surface area contributed by atoms with Gasteiger partial charge < -0.3 is 9.31 Å². The van der Waals surface area contributed by atoms with Crippen molar-refractivity contribution in [2.45, 2.75) is 51.7 Å². The Labute approximate surface area is 122 Å². The van der Waals surface area contributed by atoms with Crippen LogP contribution in [0.15, 0.2) is 12.1 Å². The zero-order valence-electron chi connectivity index (χ0n) is 11.9. The highest BCUT2D eigenvalue weighted by molar-refractivity contribution is 6.61. The normalized spacial score (nSPS) is 20.7. The number of rotatable bonds is 3. The van der Waals surface area contributed by atoms with E-state index in [0.29, 0.717) is 11.2 Å². The summed E-state index contributed by atoms with van der Waals surface area (Å²) in [6.45, 7) is 7.66. The molecule has 0 aliphatic carbocycles. The highest BCUT2D eigenvalue weighted by Gasteiger charge is 2.52. The molecule has 0 spiro atoms. The van der Waals surface area contributed by atoms with Gasteiger partial charge in [0, 0.05) is 6.42 Å². The summed E-state index contributed by atoms with van der Waals surface area (Å²) in [6, 6.07) is 2.99. The molecule has 1 saturated heterocycles. The van der Waals surface area contributed by atoms with Crippen molar-refractivity contribution in [2.75, 3.05) is 0 Å². The molecule has 0 saturated carbocycles. The van der Waals surface area contributed by atoms with Crippen LogP contribution in [0.3, 0.4) is 0 Å². The van der Waals surface area contributed by atoms with Gasteiger partial charge in [-0.1, -0.05) is 11.6 Å². The fourth-order valence-electron chi connectivity index (χ4n) is 1.95. The molecular formula is C13H17BClF2NO2. The maximum Gasteiger partial charge on any atom is 0.514 e. The van der Waals surface area contributed by atoms with Crippen LogP contribution in [0.25, 0.3) is 0 Å². The molecule has 1 aromatic heterocycles. The van der Waals surface area contributed by atoms with E-state index in [-0.39, 0.29) is 11.6 Å². The lowest BCUT2D eigenvalue weighted by Crippen LogP contribution is -2.41. The fourth-order valence-corrected chi connectivity index (χ4v) is 2.19. The van der Waals surface area contributed by atoms with Gasteiger partial charge in [-0.25, -0.2) is 13.8 Å². The predicted octanol–water partition coefficient (Wildman–Crippen LogP) is 2.84. The number of hydrogen-bond donors (Lipinski definition) is 0. The fraction of sp³-hybridized carbons (Fsp3) is 0.615. The quantitative estimate of drug-likeness (QED) is 0.635. The van der Waals surface area contributed by atoms with Crippen LogP contribution >= 0.6 is 11.6 Å². The monoisotopic (exact) mass is 303 g/mol. The molecule has 2 heterocycles. The van der Waals surface area contributed by atoms with Crippen molar-refractivity contribution in [3.63, 3.8) is 0 Å². The van der Waals surface area contributed by atoms with E-state index in [1.54, 1.807) is 6.07 Å². The second kappa shape index (κ2) is 5.24. The van der Waals surface area contributed by atoms with Gasteiger partial charge in [-0.3, -0.25) is 0 Å². The maximum atomic E-state index is 12.5. The number of halogens is 3. The van der Waals surface area contributed by atoms with Gasteiger partial charge in [-0.2, -0.15) is 0 Å². The Hall–Kier alpha value is -0.715. The topological polar surface area (TPSA) is 31.4 Å². The standard InChI is InChI=1S/C13H17BClF2NO2/c1-12(2)13(3,4)20-14(19-12)9-5-8(7-11(16)17)6-10(15)18-9/h5-6,11H,7H2,1-4H3. The van der Waals surface area contributed by atoms with Crippen LogP contribution in [0.1, 0.15) is 33.3 Å². The average Bonchev–Trinajstić information content (AvgIpc) is 2.46. The van der Waals surface area contributed by atoms with E-state index in [0.717, 1.165) is 0 Å². The van der Waals surface area contributed by atoms with Crippen LogP contribution in [-0.2, 0) is 15.7 Å². The third-order valence-electron chi connectivity index (χ3n) is 3.76. The van der Waals surface area contributed by atoms with Gasteiger partial charge >= 0.3 is 7.12 Å². The van der Waals surface area contributed by atoms with Gasteiger partial charge in [-0.05, 0) is 45.4 Å². The van der Waals surface area contributed by atoms with E-state index in [2.05, 4.69) is 4.98 Å². The first-order chi connectivity index (χ1) is 9.10. The number of pyridine rings is 1. The van der Waals surface area contributed by atoms with Crippen molar-refractivity contribution in [1.29, 1.82) is 0 Å². The summed E-state index contributed by atoms with van der Waals surface area (Å²) in [4.78, 5) is 4.12. The molecule has 0 atom stereocenters. The third kappa shape index (κ3) is 3.13. The lowest BCUT2D eigenvalue weighted by Gasteiger charge is -2.32. The summed E-state index contributed by atoms with van der Waals surface area (Å²) in [7, 11) is -0.699. The summed E-state index contributed by atoms with van der Waals surface area (Å²) in [6.07, 6.45) is -2.80.